The summed E-state index contributed by atoms with van der Waals surface area (Å²) in [7, 11) is 0. The van der Waals surface area contributed by atoms with Crippen LogP contribution in [-0.4, -0.2) is 10.2 Å². The van der Waals surface area contributed by atoms with E-state index in [9.17, 15) is 0 Å². The maximum Gasteiger partial charge on any atom is 0.182 e. The van der Waals surface area contributed by atoms with E-state index >= 15 is 0 Å². The lowest BCUT2D eigenvalue weighted by Gasteiger charge is -2.05. The fraction of sp³-hybridized carbons (Fsp3) is 0. The Morgan fingerprint density at radius 2 is 1.88 bits per heavy atom. The van der Waals surface area contributed by atoms with Gasteiger partial charge in [-0.25, -0.2) is 0 Å². The topological polar surface area (TPSA) is 32.3 Å². The van der Waals surface area contributed by atoms with Gasteiger partial charge >= 0.3 is 0 Å². The van der Waals surface area contributed by atoms with E-state index < -0.39 is 0 Å². The van der Waals surface area contributed by atoms with Crippen LogP contribution in [0.4, 0.5) is 5.69 Å². The molecular formula is C13H11NOS. The summed E-state index contributed by atoms with van der Waals surface area (Å²) in [5.74, 6) is 0. The number of thiocarbonyl (C=S) groups is 1. The fourth-order valence-electron chi connectivity index (χ4n) is 1.55. The van der Waals surface area contributed by atoms with Crippen molar-refractivity contribution in [3.63, 3.8) is 0 Å². The molecule has 0 aliphatic rings. The first-order valence-electron chi connectivity index (χ1n) is 4.91. The standard InChI is InChI=1S/C13H11NOS/c15-13(16)8-9-14-12-7-3-5-10-4-1-2-6-11(10)12/h1-9,14H,(H,15,16). The molecule has 2 N–H and O–H groups in total. The van der Waals surface area contributed by atoms with Crippen molar-refractivity contribution in [1.29, 1.82) is 0 Å². The molecule has 0 saturated carbocycles. The smallest absolute Gasteiger partial charge is 0.182 e. The van der Waals surface area contributed by atoms with E-state index in [1.54, 1.807) is 6.20 Å². The number of hydrogen-bond acceptors (Lipinski definition) is 2. The molecule has 0 aromatic heterocycles. The predicted molar refractivity (Wildman–Crippen MR) is 71.9 cm³/mol. The van der Waals surface area contributed by atoms with Gasteiger partial charge < -0.3 is 10.4 Å². The molecule has 2 aromatic carbocycles. The first-order valence-corrected chi connectivity index (χ1v) is 5.32. The molecule has 0 saturated heterocycles. The molecule has 2 rings (SSSR count). The quantitative estimate of drug-likeness (QED) is 0.622. The first-order chi connectivity index (χ1) is 7.77. The predicted octanol–water partition coefficient (Wildman–Crippen LogP) is 3.65. The normalized spacial score (nSPS) is 10.8. The van der Waals surface area contributed by atoms with Crippen molar-refractivity contribution in [2.24, 2.45) is 0 Å². The van der Waals surface area contributed by atoms with Gasteiger partial charge in [-0.2, -0.15) is 0 Å². The van der Waals surface area contributed by atoms with Gasteiger partial charge in [0, 0.05) is 23.3 Å². The van der Waals surface area contributed by atoms with Crippen LogP contribution in [0.3, 0.4) is 0 Å². The molecule has 0 bridgehead atoms. The van der Waals surface area contributed by atoms with Gasteiger partial charge in [0.25, 0.3) is 0 Å². The summed E-state index contributed by atoms with van der Waals surface area (Å²) in [6, 6.07) is 14.1. The average molecular weight is 229 g/mol. The average Bonchev–Trinajstić information content (AvgIpc) is 2.29. The highest BCUT2D eigenvalue weighted by atomic mass is 32.1. The van der Waals surface area contributed by atoms with Gasteiger partial charge in [-0.15, -0.1) is 0 Å². The number of rotatable bonds is 3. The first kappa shape index (κ1) is 10.6. The minimum Gasteiger partial charge on any atom is -0.499 e. The van der Waals surface area contributed by atoms with Crippen molar-refractivity contribution < 1.29 is 5.11 Å². The molecule has 0 heterocycles. The van der Waals surface area contributed by atoms with E-state index in [2.05, 4.69) is 29.7 Å². The van der Waals surface area contributed by atoms with Crippen LogP contribution >= 0.6 is 12.2 Å². The van der Waals surface area contributed by atoms with E-state index in [0.717, 1.165) is 11.1 Å². The van der Waals surface area contributed by atoms with Crippen molar-refractivity contribution in [3.05, 3.63) is 54.7 Å². The lowest BCUT2D eigenvalue weighted by molar-refractivity contribution is 0.574. The summed E-state index contributed by atoms with van der Waals surface area (Å²) in [5, 5.41) is 14.1. The van der Waals surface area contributed by atoms with Gasteiger partial charge in [0.2, 0.25) is 0 Å². The summed E-state index contributed by atoms with van der Waals surface area (Å²) >= 11 is 4.54. The van der Waals surface area contributed by atoms with E-state index in [4.69, 9.17) is 5.11 Å². The molecule has 0 aliphatic carbocycles. The molecule has 80 valence electrons. The third-order valence-electron chi connectivity index (χ3n) is 2.25. The monoisotopic (exact) mass is 229 g/mol. The Labute approximate surface area is 99.2 Å². The summed E-state index contributed by atoms with van der Waals surface area (Å²) in [6.07, 6.45) is 3.07. The Balaban J connectivity index is 2.34. The number of aliphatic hydroxyl groups excluding tert-OH is 1. The van der Waals surface area contributed by atoms with Crippen LogP contribution in [0.25, 0.3) is 10.8 Å². The zero-order chi connectivity index (χ0) is 11.4. The molecule has 0 fully saturated rings. The SMILES string of the molecule is OC(=S)C=CNc1cccc2ccccc12. The lowest BCUT2D eigenvalue weighted by atomic mass is 10.1. The van der Waals surface area contributed by atoms with E-state index in [1.165, 1.54) is 11.5 Å². The van der Waals surface area contributed by atoms with Gasteiger partial charge in [-0.1, -0.05) is 36.4 Å². The second-order valence-electron chi connectivity index (χ2n) is 3.34. The summed E-state index contributed by atoms with van der Waals surface area (Å²) < 4.78 is 0. The number of nitrogens with one attached hydrogen (secondary N) is 1. The molecular weight excluding hydrogens is 218 g/mol. The molecule has 0 atom stereocenters. The zero-order valence-electron chi connectivity index (χ0n) is 8.55. The van der Waals surface area contributed by atoms with Crippen LogP contribution in [0.1, 0.15) is 0 Å². The Hall–Kier alpha value is -1.87. The molecule has 0 spiro atoms. The van der Waals surface area contributed by atoms with Gasteiger partial charge in [0.15, 0.2) is 5.05 Å². The van der Waals surface area contributed by atoms with Crippen LogP contribution in [-0.2, 0) is 0 Å². The van der Waals surface area contributed by atoms with Gasteiger partial charge in [-0.05, 0) is 23.7 Å². The maximum absolute atomic E-state index is 8.85. The molecule has 2 aromatic rings. The van der Waals surface area contributed by atoms with E-state index in [-0.39, 0.29) is 5.05 Å². The Morgan fingerprint density at radius 3 is 2.69 bits per heavy atom. The second-order valence-corrected chi connectivity index (χ2v) is 3.76. The summed E-state index contributed by atoms with van der Waals surface area (Å²) in [6.45, 7) is 0. The highest BCUT2D eigenvalue weighted by molar-refractivity contribution is 7.80. The molecule has 2 nitrogen and oxygen atoms in total. The van der Waals surface area contributed by atoms with Gasteiger partial charge in [0.1, 0.15) is 0 Å². The minimum atomic E-state index is -0.132. The number of hydrogen-bond donors (Lipinski definition) is 2. The molecule has 0 aliphatic heterocycles. The van der Waals surface area contributed by atoms with Crippen LogP contribution in [0.15, 0.2) is 54.7 Å². The second kappa shape index (κ2) is 4.77. The zero-order valence-corrected chi connectivity index (χ0v) is 9.37. The number of anilines is 1. The maximum atomic E-state index is 8.85. The number of aliphatic hydroxyl groups is 1. The van der Waals surface area contributed by atoms with Crippen LogP contribution in [0.5, 0.6) is 0 Å². The molecule has 16 heavy (non-hydrogen) atoms. The van der Waals surface area contributed by atoms with Crippen LogP contribution in [0.2, 0.25) is 0 Å². The van der Waals surface area contributed by atoms with E-state index in [1.807, 2.05) is 30.3 Å². The highest BCUT2D eigenvalue weighted by Crippen LogP contribution is 2.22. The Morgan fingerprint density at radius 1 is 1.12 bits per heavy atom. The van der Waals surface area contributed by atoms with Gasteiger partial charge in [-0.3, -0.25) is 0 Å². The third kappa shape index (κ3) is 2.38. The van der Waals surface area contributed by atoms with Crippen LogP contribution in [0, 0.1) is 0 Å². The molecule has 0 unspecified atom stereocenters. The molecule has 0 radical (unpaired) electrons. The van der Waals surface area contributed by atoms with Crippen molar-refractivity contribution in [2.45, 2.75) is 0 Å². The highest BCUT2D eigenvalue weighted by Gasteiger charge is 1.96. The Bertz CT molecular complexity index is 543. The number of fused-ring (bicyclic) bond motifs is 1. The minimum absolute atomic E-state index is 0.132. The summed E-state index contributed by atoms with van der Waals surface area (Å²) in [5.41, 5.74) is 0.991. The van der Waals surface area contributed by atoms with E-state index in [0.29, 0.717) is 0 Å². The van der Waals surface area contributed by atoms with Gasteiger partial charge in [0.05, 0.1) is 0 Å². The third-order valence-corrected chi connectivity index (χ3v) is 2.39. The fourth-order valence-corrected chi connectivity index (χ4v) is 1.62. The number of benzene rings is 2. The lowest BCUT2D eigenvalue weighted by Crippen LogP contribution is -1.91. The van der Waals surface area contributed by atoms with Crippen molar-refractivity contribution in [2.75, 3.05) is 5.32 Å². The summed E-state index contributed by atoms with van der Waals surface area (Å²) in [4.78, 5) is 0. The Kier molecular flexibility index (Phi) is 3.17. The molecule has 3 heteroatoms. The van der Waals surface area contributed by atoms with Crippen molar-refractivity contribution >= 4 is 33.7 Å². The molecule has 0 amide bonds. The van der Waals surface area contributed by atoms with Crippen molar-refractivity contribution in [1.82, 2.24) is 0 Å². The largest absolute Gasteiger partial charge is 0.499 e. The van der Waals surface area contributed by atoms with Crippen molar-refractivity contribution in [3.8, 4) is 0 Å². The van der Waals surface area contributed by atoms with Crippen LogP contribution < -0.4 is 5.32 Å².